The second-order valence-corrected chi connectivity index (χ2v) is 8.46. The van der Waals surface area contributed by atoms with Gasteiger partial charge in [-0.1, -0.05) is 29.8 Å². The molecule has 0 bridgehead atoms. The Kier molecular flexibility index (Phi) is 6.25. The van der Waals surface area contributed by atoms with E-state index in [9.17, 15) is 10.1 Å². The van der Waals surface area contributed by atoms with Gasteiger partial charge in [-0.25, -0.2) is 0 Å². The Labute approximate surface area is 193 Å². The van der Waals surface area contributed by atoms with Crippen LogP contribution in [0.1, 0.15) is 49.7 Å². The molecule has 164 valence electrons. The fraction of sp³-hybridized carbons (Fsp3) is 0.308. The highest BCUT2D eigenvalue weighted by Crippen LogP contribution is 2.46. The van der Waals surface area contributed by atoms with Crippen molar-refractivity contribution in [2.45, 2.75) is 38.5 Å². The number of methoxy groups -OCH3 is 1. The number of carbonyl (C=O) groups is 1. The topological polar surface area (TPSA) is 71.3 Å². The van der Waals surface area contributed by atoms with Gasteiger partial charge in [0.15, 0.2) is 17.3 Å². The predicted octanol–water partition coefficient (Wildman–Crippen LogP) is 5.63. The first-order valence-electron chi connectivity index (χ1n) is 10.7. The Morgan fingerprint density at radius 1 is 1.12 bits per heavy atom. The van der Waals surface area contributed by atoms with Crippen LogP contribution in [0.4, 0.5) is 0 Å². The number of nitrogens with zero attached hydrogens (tertiary/aromatic N) is 1. The molecule has 32 heavy (non-hydrogen) atoms. The van der Waals surface area contributed by atoms with Crippen LogP contribution in [0.3, 0.4) is 0 Å². The van der Waals surface area contributed by atoms with Gasteiger partial charge in [-0.3, -0.25) is 4.79 Å². The van der Waals surface area contributed by atoms with Crippen molar-refractivity contribution >= 4 is 17.4 Å². The minimum atomic E-state index is -0.431. The van der Waals surface area contributed by atoms with Crippen LogP contribution in [0, 0.1) is 11.3 Å². The number of rotatable bonds is 5. The summed E-state index contributed by atoms with van der Waals surface area (Å²) in [5.74, 6) is 0.912. The smallest absolute Gasteiger partial charge is 0.162 e. The summed E-state index contributed by atoms with van der Waals surface area (Å²) in [6.45, 7) is 4.32. The van der Waals surface area contributed by atoms with Gasteiger partial charge in [-0.2, -0.15) is 5.26 Å². The van der Waals surface area contributed by atoms with Gasteiger partial charge in [-0.15, -0.1) is 0 Å². The minimum absolute atomic E-state index is 0.0526. The molecule has 2 aliphatic rings. The zero-order chi connectivity index (χ0) is 22.8. The van der Waals surface area contributed by atoms with Crippen LogP contribution in [0.5, 0.6) is 11.5 Å². The molecule has 0 spiro atoms. The second kappa shape index (κ2) is 9.10. The average Bonchev–Trinajstić information content (AvgIpc) is 2.79. The van der Waals surface area contributed by atoms with Gasteiger partial charge >= 0.3 is 0 Å². The van der Waals surface area contributed by atoms with Crippen LogP contribution >= 0.6 is 11.6 Å². The second-order valence-electron chi connectivity index (χ2n) is 8.02. The summed E-state index contributed by atoms with van der Waals surface area (Å²) in [6, 6.07) is 15.6. The molecule has 0 amide bonds. The van der Waals surface area contributed by atoms with E-state index in [1.54, 1.807) is 7.11 Å². The molecule has 5 nitrogen and oxygen atoms in total. The van der Waals surface area contributed by atoms with Crippen molar-refractivity contribution in [2.24, 2.45) is 0 Å². The SMILES string of the molecule is CCOc1ccc(C2C(C#N)=C(C)NC3=C2C(=O)CC(c2ccc(Cl)cc2)C3)cc1OC. The number of allylic oxidation sites excluding steroid dienone is 4. The molecule has 2 unspecified atom stereocenters. The maximum absolute atomic E-state index is 13.4. The van der Waals surface area contributed by atoms with E-state index in [0.717, 1.165) is 22.5 Å². The Morgan fingerprint density at radius 3 is 2.50 bits per heavy atom. The number of nitriles is 1. The standard InChI is InChI=1S/C26H25ClN2O3/c1-4-32-23-10-7-17(13-24(23)31-3)25-20(14-28)15(2)29-21-11-18(12-22(30)26(21)25)16-5-8-19(27)9-6-16/h5-10,13,18,25,29H,4,11-12H2,1-3H3. The first-order chi connectivity index (χ1) is 15.5. The molecule has 2 atom stereocenters. The highest BCUT2D eigenvalue weighted by atomic mass is 35.5. The van der Waals surface area contributed by atoms with Crippen molar-refractivity contribution in [3.05, 3.63) is 81.2 Å². The molecule has 6 heteroatoms. The van der Waals surface area contributed by atoms with Crippen LogP contribution in [0.15, 0.2) is 65.0 Å². The van der Waals surface area contributed by atoms with E-state index in [2.05, 4.69) is 11.4 Å². The van der Waals surface area contributed by atoms with E-state index >= 15 is 0 Å². The lowest BCUT2D eigenvalue weighted by Gasteiger charge is -2.35. The van der Waals surface area contributed by atoms with Gasteiger partial charge in [0.2, 0.25) is 0 Å². The van der Waals surface area contributed by atoms with Crippen molar-refractivity contribution < 1.29 is 14.3 Å². The third kappa shape index (κ3) is 3.99. The van der Waals surface area contributed by atoms with Gasteiger partial charge in [0.05, 0.1) is 31.3 Å². The number of halogens is 1. The lowest BCUT2D eigenvalue weighted by atomic mass is 9.72. The number of ether oxygens (including phenoxy) is 2. The summed E-state index contributed by atoms with van der Waals surface area (Å²) in [5, 5.41) is 14.0. The summed E-state index contributed by atoms with van der Waals surface area (Å²) in [6.07, 6.45) is 1.09. The summed E-state index contributed by atoms with van der Waals surface area (Å²) in [5.41, 5.74) is 4.80. The molecule has 1 aliphatic carbocycles. The lowest BCUT2D eigenvalue weighted by Crippen LogP contribution is -2.33. The molecule has 0 aromatic heterocycles. The van der Waals surface area contributed by atoms with Gasteiger partial charge < -0.3 is 14.8 Å². The third-order valence-electron chi connectivity index (χ3n) is 6.11. The summed E-state index contributed by atoms with van der Waals surface area (Å²) >= 11 is 6.04. The number of ketones is 1. The maximum Gasteiger partial charge on any atom is 0.162 e. The van der Waals surface area contributed by atoms with Crippen molar-refractivity contribution in [1.29, 1.82) is 5.26 Å². The van der Waals surface area contributed by atoms with Crippen LogP contribution in [-0.4, -0.2) is 19.5 Å². The molecule has 1 N–H and O–H groups in total. The van der Waals surface area contributed by atoms with Gasteiger partial charge in [0, 0.05) is 28.4 Å². The number of nitrogens with one attached hydrogen (secondary N) is 1. The highest BCUT2D eigenvalue weighted by Gasteiger charge is 2.39. The van der Waals surface area contributed by atoms with Crippen molar-refractivity contribution in [1.82, 2.24) is 5.32 Å². The molecule has 1 heterocycles. The Balaban J connectivity index is 1.77. The molecule has 0 saturated heterocycles. The summed E-state index contributed by atoms with van der Waals surface area (Å²) < 4.78 is 11.2. The van der Waals surface area contributed by atoms with Gasteiger partial charge in [0.25, 0.3) is 0 Å². The lowest BCUT2D eigenvalue weighted by molar-refractivity contribution is -0.116. The number of Topliss-reactive ketones (excluding diaryl/α,β-unsaturated/α-hetero) is 1. The monoisotopic (exact) mass is 448 g/mol. The normalized spacial score (nSPS) is 20.4. The first kappa shape index (κ1) is 22.0. The van der Waals surface area contributed by atoms with E-state index in [-0.39, 0.29) is 11.7 Å². The Bertz CT molecular complexity index is 1160. The minimum Gasteiger partial charge on any atom is -0.493 e. The van der Waals surface area contributed by atoms with E-state index in [0.29, 0.717) is 47.1 Å². The quantitative estimate of drug-likeness (QED) is 0.641. The molecule has 1 aliphatic heterocycles. The number of hydrogen-bond acceptors (Lipinski definition) is 5. The molecule has 0 radical (unpaired) electrons. The van der Waals surface area contributed by atoms with Crippen molar-refractivity contribution in [3.63, 3.8) is 0 Å². The predicted molar refractivity (Wildman–Crippen MR) is 124 cm³/mol. The average molecular weight is 449 g/mol. The molecule has 0 saturated carbocycles. The van der Waals surface area contributed by atoms with E-state index < -0.39 is 5.92 Å². The third-order valence-corrected chi connectivity index (χ3v) is 6.36. The number of benzene rings is 2. The molecule has 2 aromatic carbocycles. The number of hydrogen-bond donors (Lipinski definition) is 1. The molecular formula is C26H25ClN2O3. The molecule has 4 rings (SSSR count). The van der Waals surface area contributed by atoms with Crippen molar-refractivity contribution in [2.75, 3.05) is 13.7 Å². The first-order valence-corrected chi connectivity index (χ1v) is 11.0. The summed E-state index contributed by atoms with van der Waals surface area (Å²) in [4.78, 5) is 13.4. The van der Waals surface area contributed by atoms with Crippen molar-refractivity contribution in [3.8, 4) is 17.6 Å². The fourth-order valence-electron chi connectivity index (χ4n) is 4.63. The molecule has 0 fully saturated rings. The van der Waals surface area contributed by atoms with Crippen LogP contribution in [0.2, 0.25) is 5.02 Å². The maximum atomic E-state index is 13.4. The Morgan fingerprint density at radius 2 is 1.84 bits per heavy atom. The largest absolute Gasteiger partial charge is 0.493 e. The van der Waals surface area contributed by atoms with E-state index in [1.807, 2.05) is 56.3 Å². The fourth-order valence-corrected chi connectivity index (χ4v) is 4.76. The zero-order valence-electron chi connectivity index (χ0n) is 18.4. The van der Waals surface area contributed by atoms with Crippen LogP contribution in [-0.2, 0) is 4.79 Å². The van der Waals surface area contributed by atoms with E-state index in [1.165, 1.54) is 0 Å². The number of dihydropyridines is 1. The van der Waals surface area contributed by atoms with Gasteiger partial charge in [0.1, 0.15) is 0 Å². The van der Waals surface area contributed by atoms with E-state index in [4.69, 9.17) is 21.1 Å². The number of carbonyl (C=O) groups excluding carboxylic acids is 1. The Hall–Kier alpha value is -3.23. The molecule has 2 aromatic rings. The zero-order valence-corrected chi connectivity index (χ0v) is 19.1. The molecular weight excluding hydrogens is 424 g/mol. The van der Waals surface area contributed by atoms with Crippen LogP contribution < -0.4 is 14.8 Å². The van der Waals surface area contributed by atoms with Crippen LogP contribution in [0.25, 0.3) is 0 Å². The summed E-state index contributed by atoms with van der Waals surface area (Å²) in [7, 11) is 1.59. The van der Waals surface area contributed by atoms with Gasteiger partial charge in [-0.05, 0) is 61.6 Å². The highest BCUT2D eigenvalue weighted by molar-refractivity contribution is 6.30.